The van der Waals surface area contributed by atoms with Crippen LogP contribution in [0.4, 0.5) is 0 Å². The lowest BCUT2D eigenvalue weighted by molar-refractivity contribution is -0.155. The number of carbonyl (C=O) groups excluding carboxylic acids is 4. The molecular weight excluding hydrogens is 544 g/mol. The molecule has 236 valence electrons. The van der Waals surface area contributed by atoms with Crippen LogP contribution in [-0.2, 0) is 35.1 Å². The van der Waals surface area contributed by atoms with Crippen molar-refractivity contribution in [1.82, 2.24) is 16.0 Å². The van der Waals surface area contributed by atoms with Gasteiger partial charge < -0.3 is 36.3 Å². The number of aliphatic carboxylic acids is 1. The lowest BCUT2D eigenvalue weighted by Gasteiger charge is -2.25. The van der Waals surface area contributed by atoms with Gasteiger partial charge in [0.15, 0.2) is 0 Å². The number of hydrogen-bond acceptors (Lipinski definition) is 8. The maximum absolute atomic E-state index is 13.3. The number of ether oxygens (including phenoxy) is 2. The molecule has 0 aliphatic heterocycles. The zero-order valence-corrected chi connectivity index (χ0v) is 26.0. The van der Waals surface area contributed by atoms with E-state index in [1.807, 2.05) is 46.8 Å². The lowest BCUT2D eigenvalue weighted by Crippen LogP contribution is -2.56. The molecule has 12 heteroatoms. The fourth-order valence-electron chi connectivity index (χ4n) is 3.86. The molecule has 0 saturated heterocycles. The van der Waals surface area contributed by atoms with Crippen LogP contribution >= 0.6 is 0 Å². The first-order chi connectivity index (χ1) is 19.3. The number of hydrogen-bond donors (Lipinski definition) is 5. The fourth-order valence-corrected chi connectivity index (χ4v) is 3.86. The van der Waals surface area contributed by atoms with Gasteiger partial charge in [-0.3, -0.25) is 24.0 Å². The molecule has 0 radical (unpaired) electrons. The predicted octanol–water partition coefficient (Wildman–Crippen LogP) is 2.07. The standard InChI is InChI=1S/C30H48N4O8/c1-18(2)15-23(34-26(38)21(31)16-19-9-11-20(12-10-19)41-29(3,4)5)28(40)33-22(27(39)32-17-24(35)36)13-14-25(37)42-30(6,7)8/h9-12,18,21-23H,13-17,31H2,1-8H3,(H,32,39)(H,33,40)(H,34,38)(H,35,36)/t21-,22-,23-/m0/s1. The van der Waals surface area contributed by atoms with Crippen LogP contribution in [0.1, 0.15) is 80.2 Å². The van der Waals surface area contributed by atoms with E-state index >= 15 is 0 Å². The van der Waals surface area contributed by atoms with Gasteiger partial charge in [-0.25, -0.2) is 0 Å². The van der Waals surface area contributed by atoms with E-state index in [4.69, 9.17) is 20.3 Å². The van der Waals surface area contributed by atoms with E-state index in [0.717, 1.165) is 5.56 Å². The summed E-state index contributed by atoms with van der Waals surface area (Å²) in [6.45, 7) is 14.0. The quantitative estimate of drug-likeness (QED) is 0.190. The molecular formula is C30H48N4O8. The van der Waals surface area contributed by atoms with E-state index in [2.05, 4.69) is 16.0 Å². The Morgan fingerprint density at radius 3 is 1.93 bits per heavy atom. The van der Waals surface area contributed by atoms with Gasteiger partial charge in [-0.1, -0.05) is 26.0 Å². The molecule has 0 unspecified atom stereocenters. The van der Waals surface area contributed by atoms with Crippen LogP contribution in [0, 0.1) is 5.92 Å². The number of nitrogens with one attached hydrogen (secondary N) is 3. The summed E-state index contributed by atoms with van der Waals surface area (Å²) in [5.74, 6) is -3.15. The molecule has 3 atom stereocenters. The van der Waals surface area contributed by atoms with Gasteiger partial charge in [0.05, 0.1) is 6.04 Å². The van der Waals surface area contributed by atoms with E-state index in [1.165, 1.54) is 0 Å². The second-order valence-electron chi connectivity index (χ2n) is 12.7. The summed E-state index contributed by atoms with van der Waals surface area (Å²) in [5.41, 5.74) is 5.88. The first kappa shape index (κ1) is 36.4. The number of esters is 1. The molecule has 6 N–H and O–H groups in total. The van der Waals surface area contributed by atoms with Gasteiger partial charge in [-0.15, -0.1) is 0 Å². The molecule has 0 aliphatic carbocycles. The summed E-state index contributed by atoms with van der Waals surface area (Å²) in [7, 11) is 0. The van der Waals surface area contributed by atoms with Gasteiger partial charge in [-0.2, -0.15) is 0 Å². The molecule has 12 nitrogen and oxygen atoms in total. The minimum atomic E-state index is -1.27. The van der Waals surface area contributed by atoms with Gasteiger partial charge in [0.1, 0.15) is 35.6 Å². The fraction of sp³-hybridized carbons (Fsp3) is 0.633. The highest BCUT2D eigenvalue weighted by molar-refractivity contribution is 5.94. The Labute approximate surface area is 248 Å². The van der Waals surface area contributed by atoms with Crippen molar-refractivity contribution >= 4 is 29.7 Å². The Morgan fingerprint density at radius 1 is 0.857 bits per heavy atom. The first-order valence-electron chi connectivity index (χ1n) is 14.1. The number of benzene rings is 1. The Bertz CT molecular complexity index is 1070. The molecule has 0 aromatic heterocycles. The molecule has 1 rings (SSSR count). The summed E-state index contributed by atoms with van der Waals surface area (Å²) in [5, 5.41) is 16.4. The molecule has 0 heterocycles. The number of rotatable bonds is 15. The average Bonchev–Trinajstić information content (AvgIpc) is 2.83. The second-order valence-corrected chi connectivity index (χ2v) is 12.7. The third-order valence-corrected chi connectivity index (χ3v) is 5.58. The molecule has 0 aliphatic rings. The number of nitrogens with two attached hydrogens (primary N) is 1. The first-order valence-corrected chi connectivity index (χ1v) is 14.1. The van der Waals surface area contributed by atoms with Crippen molar-refractivity contribution < 1.29 is 38.6 Å². The highest BCUT2D eigenvalue weighted by Gasteiger charge is 2.30. The second kappa shape index (κ2) is 16.1. The Morgan fingerprint density at radius 2 is 1.43 bits per heavy atom. The third-order valence-electron chi connectivity index (χ3n) is 5.58. The van der Waals surface area contributed by atoms with E-state index in [0.29, 0.717) is 5.75 Å². The molecule has 42 heavy (non-hydrogen) atoms. The maximum atomic E-state index is 13.3. The molecule has 1 aromatic rings. The molecule has 0 saturated carbocycles. The Hall–Kier alpha value is -3.67. The lowest BCUT2D eigenvalue weighted by atomic mass is 10.0. The zero-order valence-electron chi connectivity index (χ0n) is 26.0. The van der Waals surface area contributed by atoms with E-state index in [9.17, 15) is 24.0 Å². The molecule has 3 amide bonds. The highest BCUT2D eigenvalue weighted by atomic mass is 16.6. The van der Waals surface area contributed by atoms with Crippen LogP contribution in [0.3, 0.4) is 0 Å². The van der Waals surface area contributed by atoms with Crippen molar-refractivity contribution in [2.24, 2.45) is 11.7 Å². The van der Waals surface area contributed by atoms with Crippen LogP contribution in [0.15, 0.2) is 24.3 Å². The van der Waals surface area contributed by atoms with Crippen molar-refractivity contribution in [3.8, 4) is 5.75 Å². The van der Waals surface area contributed by atoms with Crippen molar-refractivity contribution in [2.45, 2.75) is 110 Å². The Kier molecular flexibility index (Phi) is 13.9. The van der Waals surface area contributed by atoms with Gasteiger partial charge in [0.25, 0.3) is 0 Å². The van der Waals surface area contributed by atoms with Gasteiger partial charge in [-0.05, 0) is 84.4 Å². The van der Waals surface area contributed by atoms with Gasteiger partial charge >= 0.3 is 11.9 Å². The topological polar surface area (TPSA) is 186 Å². The molecule has 0 bridgehead atoms. The van der Waals surface area contributed by atoms with Crippen LogP contribution < -0.4 is 26.4 Å². The van der Waals surface area contributed by atoms with Crippen molar-refractivity contribution in [1.29, 1.82) is 0 Å². The van der Waals surface area contributed by atoms with E-state index in [-0.39, 0.29) is 37.2 Å². The minimum absolute atomic E-state index is 0.00585. The molecule has 0 spiro atoms. The summed E-state index contributed by atoms with van der Waals surface area (Å²) in [4.78, 5) is 62.2. The maximum Gasteiger partial charge on any atom is 0.322 e. The smallest absolute Gasteiger partial charge is 0.322 e. The average molecular weight is 593 g/mol. The van der Waals surface area contributed by atoms with Crippen molar-refractivity contribution in [3.05, 3.63) is 29.8 Å². The summed E-state index contributed by atoms with van der Waals surface area (Å²) in [6, 6.07) is 4.01. The van der Waals surface area contributed by atoms with Crippen LogP contribution in [0.5, 0.6) is 5.75 Å². The zero-order chi connectivity index (χ0) is 32.3. The van der Waals surface area contributed by atoms with Gasteiger partial charge in [0, 0.05) is 6.42 Å². The number of amides is 3. The number of carboxylic acids is 1. The molecule has 0 fully saturated rings. The normalized spacial score (nSPS) is 13.9. The van der Waals surface area contributed by atoms with Crippen molar-refractivity contribution in [3.63, 3.8) is 0 Å². The Balaban J connectivity index is 2.95. The van der Waals surface area contributed by atoms with Crippen LogP contribution in [-0.4, -0.2) is 70.6 Å². The van der Waals surface area contributed by atoms with Crippen molar-refractivity contribution in [2.75, 3.05) is 6.54 Å². The third kappa shape index (κ3) is 15.4. The monoisotopic (exact) mass is 592 g/mol. The van der Waals surface area contributed by atoms with E-state index < -0.39 is 59.9 Å². The summed E-state index contributed by atoms with van der Waals surface area (Å²) >= 11 is 0. The van der Waals surface area contributed by atoms with Crippen LogP contribution in [0.25, 0.3) is 0 Å². The van der Waals surface area contributed by atoms with E-state index in [1.54, 1.807) is 32.9 Å². The van der Waals surface area contributed by atoms with Gasteiger partial charge in [0.2, 0.25) is 17.7 Å². The SMILES string of the molecule is CC(C)C[C@H](NC(=O)[C@@H](N)Cc1ccc(OC(C)(C)C)cc1)C(=O)N[C@@H](CCC(=O)OC(C)(C)C)C(=O)NCC(=O)O. The summed E-state index contributed by atoms with van der Waals surface area (Å²) < 4.78 is 11.1. The minimum Gasteiger partial charge on any atom is -0.488 e. The highest BCUT2D eigenvalue weighted by Crippen LogP contribution is 2.19. The number of carbonyl (C=O) groups is 5. The largest absolute Gasteiger partial charge is 0.488 e. The van der Waals surface area contributed by atoms with Crippen LogP contribution in [0.2, 0.25) is 0 Å². The molecule has 1 aromatic carbocycles. The number of carboxylic acid groups (broad SMARTS) is 1. The summed E-state index contributed by atoms with van der Waals surface area (Å²) in [6.07, 6.45) is 0.129. The predicted molar refractivity (Wildman–Crippen MR) is 158 cm³/mol.